The fourth-order valence-corrected chi connectivity index (χ4v) is 2.28. The Morgan fingerprint density at radius 1 is 1.31 bits per heavy atom. The van der Waals surface area contributed by atoms with E-state index in [0.717, 1.165) is 43.5 Å². The van der Waals surface area contributed by atoms with Crippen LogP contribution >= 0.6 is 0 Å². The Morgan fingerprint density at radius 3 is 2.75 bits per heavy atom. The molecule has 1 saturated heterocycles. The van der Waals surface area contributed by atoms with Crippen molar-refractivity contribution in [1.29, 1.82) is 0 Å². The average Bonchev–Trinajstić information content (AvgIpc) is 2.33. The molecule has 0 bridgehead atoms. The monoisotopic (exact) mass is 223 g/mol. The molecule has 0 atom stereocenters. The molecule has 1 fully saturated rings. The van der Waals surface area contributed by atoms with E-state index in [2.05, 4.69) is 5.32 Å². The minimum absolute atomic E-state index is 0.0144. The van der Waals surface area contributed by atoms with Crippen LogP contribution in [0.25, 0.3) is 0 Å². The Morgan fingerprint density at radius 2 is 2.06 bits per heavy atom. The van der Waals surface area contributed by atoms with Gasteiger partial charge in [-0.25, -0.2) is 4.39 Å². The van der Waals surface area contributed by atoms with Crippen LogP contribution in [0.15, 0.2) is 18.2 Å². The molecule has 0 unspecified atom stereocenters. The quantitative estimate of drug-likeness (QED) is 0.819. The summed E-state index contributed by atoms with van der Waals surface area (Å²) in [5, 5.41) is 12.3. The van der Waals surface area contributed by atoms with Crippen LogP contribution < -0.4 is 5.32 Å². The Balaban J connectivity index is 2.06. The van der Waals surface area contributed by atoms with E-state index in [4.69, 9.17) is 5.11 Å². The normalized spacial score (nSPS) is 17.6. The lowest BCUT2D eigenvalue weighted by molar-refractivity contribution is 0.281. The van der Waals surface area contributed by atoms with E-state index in [1.165, 1.54) is 6.07 Å². The van der Waals surface area contributed by atoms with Gasteiger partial charge >= 0.3 is 0 Å². The maximum atomic E-state index is 13.6. The second-order valence-electron chi connectivity index (χ2n) is 4.48. The lowest BCUT2D eigenvalue weighted by Gasteiger charge is -2.22. The van der Waals surface area contributed by atoms with Gasteiger partial charge in [-0.3, -0.25) is 0 Å². The third-order valence-electron chi connectivity index (χ3n) is 3.26. The summed E-state index contributed by atoms with van der Waals surface area (Å²) in [7, 11) is 0. The molecule has 0 radical (unpaired) electrons. The lowest BCUT2D eigenvalue weighted by atomic mass is 9.90. The highest BCUT2D eigenvalue weighted by atomic mass is 19.1. The van der Waals surface area contributed by atoms with Gasteiger partial charge in [0.05, 0.1) is 6.61 Å². The molecule has 0 aliphatic carbocycles. The topological polar surface area (TPSA) is 32.3 Å². The van der Waals surface area contributed by atoms with Gasteiger partial charge in [0.2, 0.25) is 0 Å². The van der Waals surface area contributed by atoms with Crippen molar-refractivity contribution in [3.63, 3.8) is 0 Å². The summed E-state index contributed by atoms with van der Waals surface area (Å²) in [5.74, 6) is 0.431. The molecule has 0 spiro atoms. The van der Waals surface area contributed by atoms with Gasteiger partial charge in [-0.1, -0.05) is 12.1 Å². The molecule has 2 rings (SSSR count). The molecule has 1 heterocycles. The molecule has 1 aromatic rings. The van der Waals surface area contributed by atoms with Crippen LogP contribution in [0.2, 0.25) is 0 Å². The van der Waals surface area contributed by atoms with Gasteiger partial charge in [-0.2, -0.15) is 0 Å². The van der Waals surface area contributed by atoms with Crippen molar-refractivity contribution in [2.24, 2.45) is 5.92 Å². The van der Waals surface area contributed by atoms with Gasteiger partial charge in [0.25, 0.3) is 0 Å². The largest absolute Gasteiger partial charge is 0.392 e. The van der Waals surface area contributed by atoms with Crippen LogP contribution in [0.1, 0.15) is 24.0 Å². The minimum Gasteiger partial charge on any atom is -0.392 e. The third-order valence-corrected chi connectivity index (χ3v) is 3.26. The van der Waals surface area contributed by atoms with Crippen LogP contribution in [0, 0.1) is 11.7 Å². The molecule has 1 aliphatic rings. The molecule has 0 amide bonds. The summed E-state index contributed by atoms with van der Waals surface area (Å²) >= 11 is 0. The van der Waals surface area contributed by atoms with Gasteiger partial charge in [0.15, 0.2) is 0 Å². The van der Waals surface area contributed by atoms with Crippen LogP contribution in [0.5, 0.6) is 0 Å². The molecular formula is C13H18FNO. The predicted molar refractivity (Wildman–Crippen MR) is 61.6 cm³/mol. The Hall–Kier alpha value is -0.930. The Labute approximate surface area is 95.5 Å². The minimum atomic E-state index is -0.143. The second kappa shape index (κ2) is 5.41. The number of piperidine rings is 1. The van der Waals surface area contributed by atoms with Gasteiger partial charge in [-0.05, 0) is 55.5 Å². The van der Waals surface area contributed by atoms with Crippen molar-refractivity contribution >= 4 is 0 Å². The number of aliphatic hydroxyl groups is 1. The van der Waals surface area contributed by atoms with E-state index in [0.29, 0.717) is 5.92 Å². The van der Waals surface area contributed by atoms with E-state index < -0.39 is 0 Å². The van der Waals surface area contributed by atoms with Crippen molar-refractivity contribution in [3.8, 4) is 0 Å². The zero-order valence-electron chi connectivity index (χ0n) is 9.38. The molecule has 2 N–H and O–H groups in total. The van der Waals surface area contributed by atoms with E-state index in [1.807, 2.05) is 0 Å². The standard InChI is InChI=1S/C13H18FNO/c14-13-2-1-11(9-16)8-12(13)7-10-3-5-15-6-4-10/h1-2,8,10,15-16H,3-7,9H2. The predicted octanol–water partition coefficient (Wildman–Crippen LogP) is 1.86. The van der Waals surface area contributed by atoms with Crippen molar-refractivity contribution in [3.05, 3.63) is 35.1 Å². The average molecular weight is 223 g/mol. The maximum absolute atomic E-state index is 13.6. The van der Waals surface area contributed by atoms with Crippen molar-refractivity contribution in [2.45, 2.75) is 25.9 Å². The molecular weight excluding hydrogens is 205 g/mol. The highest BCUT2D eigenvalue weighted by Gasteiger charge is 2.15. The van der Waals surface area contributed by atoms with Crippen LogP contribution in [-0.2, 0) is 13.0 Å². The van der Waals surface area contributed by atoms with Crippen molar-refractivity contribution in [2.75, 3.05) is 13.1 Å². The number of rotatable bonds is 3. The highest BCUT2D eigenvalue weighted by molar-refractivity contribution is 5.25. The molecule has 1 aliphatic heterocycles. The first kappa shape index (κ1) is 11.6. The van der Waals surface area contributed by atoms with Gasteiger partial charge in [0.1, 0.15) is 5.82 Å². The molecule has 3 heteroatoms. The zero-order valence-corrected chi connectivity index (χ0v) is 9.38. The summed E-state index contributed by atoms with van der Waals surface area (Å²) in [5.41, 5.74) is 1.55. The number of benzene rings is 1. The molecule has 0 aromatic heterocycles. The van der Waals surface area contributed by atoms with Crippen molar-refractivity contribution < 1.29 is 9.50 Å². The first-order valence-corrected chi connectivity index (χ1v) is 5.88. The molecule has 2 nitrogen and oxygen atoms in total. The van der Waals surface area contributed by atoms with E-state index in [9.17, 15) is 4.39 Å². The third kappa shape index (κ3) is 2.80. The van der Waals surface area contributed by atoms with Crippen LogP contribution in [0.4, 0.5) is 4.39 Å². The molecule has 1 aromatic carbocycles. The fourth-order valence-electron chi connectivity index (χ4n) is 2.28. The van der Waals surface area contributed by atoms with E-state index in [1.54, 1.807) is 12.1 Å². The molecule has 0 saturated carbocycles. The number of nitrogens with one attached hydrogen (secondary N) is 1. The van der Waals surface area contributed by atoms with E-state index >= 15 is 0 Å². The first-order chi connectivity index (χ1) is 7.79. The number of halogens is 1. The highest BCUT2D eigenvalue weighted by Crippen LogP contribution is 2.21. The SMILES string of the molecule is OCc1ccc(F)c(CC2CCNCC2)c1. The smallest absolute Gasteiger partial charge is 0.126 e. The summed E-state index contributed by atoms with van der Waals surface area (Å²) in [6.45, 7) is 2.05. The summed E-state index contributed by atoms with van der Waals surface area (Å²) in [6, 6.07) is 4.89. The summed E-state index contributed by atoms with van der Waals surface area (Å²) < 4.78 is 13.6. The van der Waals surface area contributed by atoms with Gasteiger partial charge in [-0.15, -0.1) is 0 Å². The Bertz CT molecular complexity index is 348. The Kier molecular flexibility index (Phi) is 3.91. The van der Waals surface area contributed by atoms with Gasteiger partial charge < -0.3 is 10.4 Å². The zero-order chi connectivity index (χ0) is 11.4. The first-order valence-electron chi connectivity index (χ1n) is 5.88. The maximum Gasteiger partial charge on any atom is 0.126 e. The van der Waals surface area contributed by atoms with Crippen LogP contribution in [0.3, 0.4) is 0 Å². The number of aliphatic hydroxyl groups excluding tert-OH is 1. The van der Waals surface area contributed by atoms with Gasteiger partial charge in [0, 0.05) is 0 Å². The summed E-state index contributed by atoms with van der Waals surface area (Å²) in [6.07, 6.45) is 3.02. The molecule has 16 heavy (non-hydrogen) atoms. The lowest BCUT2D eigenvalue weighted by Crippen LogP contribution is -2.28. The summed E-state index contributed by atoms with van der Waals surface area (Å²) in [4.78, 5) is 0. The van der Waals surface area contributed by atoms with E-state index in [-0.39, 0.29) is 12.4 Å². The van der Waals surface area contributed by atoms with Crippen molar-refractivity contribution in [1.82, 2.24) is 5.32 Å². The number of hydrogen-bond donors (Lipinski definition) is 2. The van der Waals surface area contributed by atoms with Crippen LogP contribution in [-0.4, -0.2) is 18.2 Å². The number of hydrogen-bond acceptors (Lipinski definition) is 2. The second-order valence-corrected chi connectivity index (χ2v) is 4.48. The molecule has 88 valence electrons. The fraction of sp³-hybridized carbons (Fsp3) is 0.538.